The van der Waals surface area contributed by atoms with Gasteiger partial charge in [-0.15, -0.1) is 0 Å². The van der Waals surface area contributed by atoms with Crippen molar-refractivity contribution in [2.24, 2.45) is 5.73 Å². The molecule has 3 aliphatic rings. The van der Waals surface area contributed by atoms with Crippen molar-refractivity contribution in [2.75, 3.05) is 32.7 Å². The Bertz CT molecular complexity index is 320. The number of nitrogens with zero attached hydrogens (tertiary/aromatic N) is 2. The van der Waals surface area contributed by atoms with Crippen LogP contribution >= 0.6 is 0 Å². The first-order valence-corrected chi connectivity index (χ1v) is 8.47. The number of hydrogen-bond acceptors (Lipinski definition) is 4. The lowest BCUT2D eigenvalue weighted by atomic mass is 9.82. The monoisotopic (exact) mass is 281 g/mol. The fourth-order valence-corrected chi connectivity index (χ4v) is 4.78. The van der Waals surface area contributed by atoms with E-state index in [2.05, 4.69) is 23.6 Å². The fraction of sp³-hybridized carbons (Fsp3) is 1.00. The molecule has 0 amide bonds. The molecule has 20 heavy (non-hydrogen) atoms. The van der Waals surface area contributed by atoms with Gasteiger partial charge in [-0.05, 0) is 59.0 Å². The van der Waals surface area contributed by atoms with Gasteiger partial charge in [0.1, 0.15) is 0 Å². The molecule has 3 saturated heterocycles. The molecular weight excluding hydrogens is 250 g/mol. The van der Waals surface area contributed by atoms with E-state index < -0.39 is 0 Å². The third-order valence-electron chi connectivity index (χ3n) is 5.67. The van der Waals surface area contributed by atoms with Crippen LogP contribution in [-0.2, 0) is 4.74 Å². The number of likely N-dealkylation sites (tertiary alicyclic amines) is 2. The van der Waals surface area contributed by atoms with Gasteiger partial charge in [-0.1, -0.05) is 0 Å². The molecule has 0 bridgehead atoms. The second-order valence-corrected chi connectivity index (χ2v) is 7.23. The zero-order chi connectivity index (χ0) is 14.2. The van der Waals surface area contributed by atoms with Crippen molar-refractivity contribution in [2.45, 2.75) is 69.7 Å². The summed E-state index contributed by atoms with van der Waals surface area (Å²) < 4.78 is 5.94. The van der Waals surface area contributed by atoms with E-state index in [-0.39, 0.29) is 5.54 Å². The van der Waals surface area contributed by atoms with Gasteiger partial charge < -0.3 is 10.5 Å². The van der Waals surface area contributed by atoms with Crippen molar-refractivity contribution >= 4 is 0 Å². The van der Waals surface area contributed by atoms with Crippen LogP contribution in [0.3, 0.4) is 0 Å². The minimum Gasteiger partial charge on any atom is -0.375 e. The summed E-state index contributed by atoms with van der Waals surface area (Å²) in [6.07, 6.45) is 6.98. The smallest absolute Gasteiger partial charge is 0.0568 e. The van der Waals surface area contributed by atoms with Gasteiger partial charge in [0, 0.05) is 31.2 Å². The predicted molar refractivity (Wildman–Crippen MR) is 81.8 cm³/mol. The Labute approximate surface area is 123 Å². The summed E-state index contributed by atoms with van der Waals surface area (Å²) in [5.74, 6) is 0. The SMILES string of the molecule is CC1CC(CN)(N2CCC(N3CCCC3)C2)CC(C)O1. The van der Waals surface area contributed by atoms with Crippen molar-refractivity contribution in [1.82, 2.24) is 9.80 Å². The van der Waals surface area contributed by atoms with Crippen LogP contribution in [0.5, 0.6) is 0 Å². The van der Waals surface area contributed by atoms with Gasteiger partial charge in [0.2, 0.25) is 0 Å². The Morgan fingerprint density at radius 3 is 2.35 bits per heavy atom. The summed E-state index contributed by atoms with van der Waals surface area (Å²) in [4.78, 5) is 5.40. The molecule has 0 aromatic rings. The van der Waals surface area contributed by atoms with E-state index in [1.54, 1.807) is 0 Å². The number of ether oxygens (including phenoxy) is 1. The van der Waals surface area contributed by atoms with E-state index in [0.717, 1.165) is 25.4 Å². The zero-order valence-electron chi connectivity index (χ0n) is 13.2. The third-order valence-corrected chi connectivity index (χ3v) is 5.67. The minimum absolute atomic E-state index is 0.186. The highest BCUT2D eigenvalue weighted by Gasteiger charge is 2.45. The molecule has 3 rings (SSSR count). The highest BCUT2D eigenvalue weighted by molar-refractivity contribution is 5.01. The van der Waals surface area contributed by atoms with Gasteiger partial charge in [-0.2, -0.15) is 0 Å². The maximum absolute atomic E-state index is 6.23. The molecule has 3 heterocycles. The molecule has 0 radical (unpaired) electrons. The van der Waals surface area contributed by atoms with Crippen LogP contribution in [0.25, 0.3) is 0 Å². The van der Waals surface area contributed by atoms with Crippen LogP contribution in [0, 0.1) is 0 Å². The lowest BCUT2D eigenvalue weighted by molar-refractivity contribution is -0.0991. The average molecular weight is 281 g/mol. The Balaban J connectivity index is 1.67. The maximum Gasteiger partial charge on any atom is 0.0568 e. The van der Waals surface area contributed by atoms with Crippen molar-refractivity contribution in [1.29, 1.82) is 0 Å². The Kier molecular flexibility index (Phi) is 4.37. The molecule has 3 aliphatic heterocycles. The summed E-state index contributed by atoms with van der Waals surface area (Å²) in [7, 11) is 0. The standard InChI is InChI=1S/C16H31N3O/c1-13-9-16(12-17,10-14(2)20-13)19-8-5-15(11-19)18-6-3-4-7-18/h13-15H,3-12,17H2,1-2H3. The summed E-state index contributed by atoms with van der Waals surface area (Å²) in [6.45, 7) is 10.2. The van der Waals surface area contributed by atoms with Gasteiger partial charge in [-0.25, -0.2) is 0 Å². The normalized spacial score (nSPS) is 44.2. The van der Waals surface area contributed by atoms with Crippen LogP contribution < -0.4 is 5.73 Å². The maximum atomic E-state index is 6.23. The van der Waals surface area contributed by atoms with Gasteiger partial charge in [0.05, 0.1) is 12.2 Å². The Morgan fingerprint density at radius 2 is 1.75 bits per heavy atom. The molecule has 3 atom stereocenters. The van der Waals surface area contributed by atoms with Crippen LogP contribution in [0.15, 0.2) is 0 Å². The quantitative estimate of drug-likeness (QED) is 0.850. The van der Waals surface area contributed by atoms with Crippen LogP contribution in [0.4, 0.5) is 0 Å². The van der Waals surface area contributed by atoms with Crippen LogP contribution in [0.2, 0.25) is 0 Å². The molecule has 0 aliphatic carbocycles. The summed E-state index contributed by atoms with van der Waals surface area (Å²) in [6, 6.07) is 0.773. The van der Waals surface area contributed by atoms with Crippen LogP contribution in [0.1, 0.15) is 46.0 Å². The van der Waals surface area contributed by atoms with Crippen molar-refractivity contribution in [3.8, 4) is 0 Å². The molecule has 3 unspecified atom stereocenters. The number of rotatable bonds is 3. The predicted octanol–water partition coefficient (Wildman–Crippen LogP) is 1.44. The Hall–Kier alpha value is -0.160. The molecule has 2 N–H and O–H groups in total. The Morgan fingerprint density at radius 1 is 1.10 bits per heavy atom. The van der Waals surface area contributed by atoms with Crippen molar-refractivity contribution in [3.63, 3.8) is 0 Å². The second-order valence-electron chi connectivity index (χ2n) is 7.23. The topological polar surface area (TPSA) is 41.7 Å². The molecular formula is C16H31N3O. The molecule has 4 heteroatoms. The molecule has 3 fully saturated rings. The number of nitrogens with two attached hydrogens (primary N) is 1. The van der Waals surface area contributed by atoms with E-state index in [1.807, 2.05) is 0 Å². The second kappa shape index (κ2) is 5.91. The summed E-state index contributed by atoms with van der Waals surface area (Å²) in [5.41, 5.74) is 6.42. The summed E-state index contributed by atoms with van der Waals surface area (Å²) in [5, 5.41) is 0. The van der Waals surface area contributed by atoms with E-state index in [1.165, 1.54) is 45.4 Å². The van der Waals surface area contributed by atoms with Gasteiger partial charge in [0.15, 0.2) is 0 Å². The van der Waals surface area contributed by atoms with E-state index in [9.17, 15) is 0 Å². The van der Waals surface area contributed by atoms with E-state index in [0.29, 0.717) is 12.2 Å². The lowest BCUT2D eigenvalue weighted by Crippen LogP contribution is -2.59. The molecule has 116 valence electrons. The highest BCUT2D eigenvalue weighted by atomic mass is 16.5. The van der Waals surface area contributed by atoms with E-state index in [4.69, 9.17) is 10.5 Å². The molecule has 0 aromatic heterocycles. The van der Waals surface area contributed by atoms with E-state index >= 15 is 0 Å². The van der Waals surface area contributed by atoms with Gasteiger partial charge >= 0.3 is 0 Å². The van der Waals surface area contributed by atoms with Crippen molar-refractivity contribution in [3.05, 3.63) is 0 Å². The first-order valence-electron chi connectivity index (χ1n) is 8.47. The first-order chi connectivity index (χ1) is 9.63. The van der Waals surface area contributed by atoms with Crippen LogP contribution in [-0.4, -0.2) is 66.3 Å². The number of hydrogen-bond donors (Lipinski definition) is 1. The summed E-state index contributed by atoms with van der Waals surface area (Å²) >= 11 is 0. The third kappa shape index (κ3) is 2.76. The largest absolute Gasteiger partial charge is 0.375 e. The molecule has 0 aromatic carbocycles. The minimum atomic E-state index is 0.186. The molecule has 0 saturated carbocycles. The van der Waals surface area contributed by atoms with Gasteiger partial charge in [0.25, 0.3) is 0 Å². The van der Waals surface area contributed by atoms with Crippen molar-refractivity contribution < 1.29 is 4.74 Å². The van der Waals surface area contributed by atoms with Gasteiger partial charge in [-0.3, -0.25) is 9.80 Å². The lowest BCUT2D eigenvalue weighted by Gasteiger charge is -2.48. The molecule has 0 spiro atoms. The molecule has 4 nitrogen and oxygen atoms in total. The zero-order valence-corrected chi connectivity index (χ0v) is 13.2. The fourth-order valence-electron chi connectivity index (χ4n) is 4.78. The first kappa shape index (κ1) is 14.8. The highest BCUT2D eigenvalue weighted by Crippen LogP contribution is 2.36. The average Bonchev–Trinajstić information content (AvgIpc) is 3.08.